The molecule has 562 valence electrons. The van der Waals surface area contributed by atoms with E-state index in [1.807, 2.05) is 0 Å². The molecule has 17 nitrogen and oxygen atoms in total. The molecule has 8 N–H and O–H groups in total. The number of hydrogen-bond acceptors (Lipinski definition) is 17. The Kier molecular flexibility index (Phi) is 54.0. The number of unbranched alkanes of at least 4 members (excludes halogenated alkanes) is 54. The van der Waals surface area contributed by atoms with Crippen molar-refractivity contribution in [3.05, 3.63) is 0 Å². The quantitative estimate of drug-likeness (QED) is 0.0122. The molecule has 1 unspecified atom stereocenters. The normalized spacial score (nSPS) is 23.6. The number of carbonyl (C=O) groups is 3. The van der Waals surface area contributed by atoms with Gasteiger partial charge < -0.3 is 64.5 Å². The van der Waals surface area contributed by atoms with Gasteiger partial charge in [0.2, 0.25) is 5.79 Å². The smallest absolute Gasteiger partial charge is 0.409 e. The Balaban J connectivity index is 2.17. The Labute approximate surface area is 578 Å². The van der Waals surface area contributed by atoms with E-state index in [4.69, 9.17) is 28.4 Å². The van der Waals surface area contributed by atoms with Crippen LogP contribution in [-0.2, 0) is 42.8 Å². The molecule has 2 aliphatic rings. The van der Waals surface area contributed by atoms with Crippen molar-refractivity contribution in [2.45, 2.75) is 460 Å². The zero-order valence-electron chi connectivity index (χ0n) is 61.2. The first-order valence-electron chi connectivity index (χ1n) is 40.2. The molecule has 2 rings (SSSR count). The van der Waals surface area contributed by atoms with Crippen molar-refractivity contribution in [2.24, 2.45) is 0 Å². The largest absolute Gasteiger partial charge is 0.422 e. The summed E-state index contributed by atoms with van der Waals surface area (Å²) in [6, 6.07) is 0. The van der Waals surface area contributed by atoms with Crippen LogP contribution in [0.4, 0.5) is 0 Å². The van der Waals surface area contributed by atoms with Gasteiger partial charge in [-0.1, -0.05) is 367 Å². The van der Waals surface area contributed by atoms with E-state index in [2.05, 4.69) is 20.8 Å². The summed E-state index contributed by atoms with van der Waals surface area (Å²) >= 11 is 0. The van der Waals surface area contributed by atoms with Gasteiger partial charge in [-0.05, 0) is 19.3 Å². The van der Waals surface area contributed by atoms with Gasteiger partial charge in [0.15, 0.2) is 6.10 Å². The van der Waals surface area contributed by atoms with Gasteiger partial charge in [-0.3, -0.25) is 19.1 Å². The lowest BCUT2D eigenvalue weighted by Crippen LogP contribution is -2.84. The topological polar surface area (TPSA) is 268 Å². The third-order valence-corrected chi connectivity index (χ3v) is 20.1. The van der Waals surface area contributed by atoms with Gasteiger partial charge in [-0.25, -0.2) is 0 Å². The lowest BCUT2D eigenvalue weighted by atomic mass is 9.88. The summed E-state index contributed by atoms with van der Waals surface area (Å²) in [6.45, 7) is 3.19. The fourth-order valence-corrected chi connectivity index (χ4v) is 13.8. The predicted octanol–water partition coefficient (Wildman–Crippen LogP) is 17.7. The van der Waals surface area contributed by atoms with Crippen molar-refractivity contribution in [2.75, 3.05) is 19.8 Å². The molecule has 0 aromatic rings. The minimum atomic E-state index is -4.10. The highest BCUT2D eigenvalue weighted by molar-refractivity contribution is 5.72. The molecule has 0 aromatic carbocycles. The lowest BCUT2D eigenvalue weighted by Gasteiger charge is -2.56. The first-order chi connectivity index (χ1) is 46.2. The third-order valence-electron chi connectivity index (χ3n) is 20.1. The number of aliphatic hydroxyl groups is 8. The van der Waals surface area contributed by atoms with Gasteiger partial charge in [-0.15, -0.1) is 0 Å². The Morgan fingerprint density at radius 2 is 0.558 bits per heavy atom. The molecule has 2 saturated heterocycles. The van der Waals surface area contributed by atoms with E-state index in [0.29, 0.717) is 19.3 Å². The third kappa shape index (κ3) is 37.5. The Hall–Kier alpha value is -2.03. The fourth-order valence-electron chi connectivity index (χ4n) is 13.8. The average Bonchev–Trinajstić information content (AvgIpc) is 1.41. The van der Waals surface area contributed by atoms with Gasteiger partial charge >= 0.3 is 35.5 Å². The van der Waals surface area contributed by atoms with Crippen molar-refractivity contribution < 1.29 is 83.7 Å². The number of carbonyl (C=O) groups excluding carboxylic acids is 3. The molecule has 17 heteroatoms. The molecular weight excluding hydrogens is 1210 g/mol. The van der Waals surface area contributed by atoms with E-state index in [-0.39, 0.29) is 32.1 Å². The molecule has 0 radical (unpaired) electrons. The number of esters is 3. The fraction of sp³-hybridized carbons (Fsp3) is 0.962. The molecule has 9 atom stereocenters. The molecule has 0 spiro atoms. The first-order valence-corrected chi connectivity index (χ1v) is 40.2. The second kappa shape index (κ2) is 57.6. The summed E-state index contributed by atoms with van der Waals surface area (Å²) in [5.74, 6) is -18.4. The summed E-state index contributed by atoms with van der Waals surface area (Å²) in [7, 11) is 0. The summed E-state index contributed by atoms with van der Waals surface area (Å²) in [6.07, 6.45) is 52.9. The van der Waals surface area contributed by atoms with Crippen LogP contribution in [0.3, 0.4) is 0 Å². The highest BCUT2D eigenvalue weighted by Crippen LogP contribution is 2.52. The van der Waals surface area contributed by atoms with Crippen molar-refractivity contribution in [3.63, 3.8) is 0 Å². The Bertz CT molecular complexity index is 1810. The van der Waals surface area contributed by atoms with Crippen LogP contribution in [0.5, 0.6) is 0 Å². The van der Waals surface area contributed by atoms with E-state index in [0.717, 1.165) is 89.9 Å². The van der Waals surface area contributed by atoms with Crippen LogP contribution >= 0.6 is 0 Å². The van der Waals surface area contributed by atoms with Crippen molar-refractivity contribution in [3.8, 4) is 0 Å². The molecule has 0 aliphatic carbocycles. The van der Waals surface area contributed by atoms with Gasteiger partial charge in [0, 0.05) is 19.3 Å². The highest BCUT2D eigenvalue weighted by Gasteiger charge is 2.83. The van der Waals surface area contributed by atoms with Crippen LogP contribution in [0.1, 0.15) is 406 Å². The van der Waals surface area contributed by atoms with Gasteiger partial charge in [-0.2, -0.15) is 0 Å². The number of rotatable bonds is 68. The molecule has 0 aromatic heterocycles. The van der Waals surface area contributed by atoms with Crippen LogP contribution in [0.15, 0.2) is 0 Å². The monoisotopic (exact) mass is 1360 g/mol. The Morgan fingerprint density at radius 1 is 0.316 bits per heavy atom. The van der Waals surface area contributed by atoms with Crippen LogP contribution in [0.2, 0.25) is 0 Å². The second-order valence-corrected chi connectivity index (χ2v) is 28.8. The molecule has 2 aliphatic heterocycles. The summed E-state index contributed by atoms with van der Waals surface area (Å²) < 4.78 is 34.9. The molecule has 2 heterocycles. The maximum Gasteiger partial charge on any atom is 0.409 e. The number of hydrogen-bond donors (Lipinski definition) is 8. The molecule has 95 heavy (non-hydrogen) atoms. The maximum atomic E-state index is 14.3. The zero-order valence-corrected chi connectivity index (χ0v) is 61.2. The maximum absolute atomic E-state index is 14.3. The molecule has 0 bridgehead atoms. The molecular formula is C78H148O17. The van der Waals surface area contributed by atoms with Crippen LogP contribution in [0.25, 0.3) is 0 Å². The Morgan fingerprint density at radius 3 is 0.800 bits per heavy atom. The zero-order chi connectivity index (χ0) is 69.4. The van der Waals surface area contributed by atoms with Crippen LogP contribution < -0.4 is 0 Å². The van der Waals surface area contributed by atoms with Crippen molar-refractivity contribution in [1.82, 2.24) is 0 Å². The van der Waals surface area contributed by atoms with Gasteiger partial charge in [0.25, 0.3) is 0 Å². The van der Waals surface area contributed by atoms with E-state index >= 15 is 0 Å². The van der Waals surface area contributed by atoms with E-state index in [9.17, 15) is 55.2 Å². The van der Waals surface area contributed by atoms with Crippen LogP contribution in [0, 0.1) is 0 Å². The van der Waals surface area contributed by atoms with Gasteiger partial charge in [0.05, 0.1) is 13.2 Å². The molecule has 2 fully saturated rings. The second-order valence-electron chi connectivity index (χ2n) is 28.8. The van der Waals surface area contributed by atoms with Crippen LogP contribution in [-0.4, -0.2) is 132 Å². The SMILES string of the molecule is CCCCCCCCCCCCCCCCCCCCCC(=O)O[C@@]1(OC2(CO)O[C@H](CO)[C@@H](O)[C@@H]2O)O[C@H](CO)[C@@H](O)[C@@](O)(OC(=O)CCCCCCCCCCCCCCCCCCCCC)[C@]1(O)OC(=O)CCCCCCCCCCCCCCCCCCCCC. The van der Waals surface area contributed by atoms with E-state index in [1.54, 1.807) is 0 Å². The van der Waals surface area contributed by atoms with E-state index < -0.39 is 98.0 Å². The number of ether oxygens (including phenoxy) is 6. The predicted molar refractivity (Wildman–Crippen MR) is 378 cm³/mol. The average molecular weight is 1360 g/mol. The first kappa shape index (κ1) is 89.1. The number of aliphatic hydroxyl groups excluding tert-OH is 6. The lowest BCUT2D eigenvalue weighted by molar-refractivity contribution is -0.587. The summed E-state index contributed by atoms with van der Waals surface area (Å²) in [5.41, 5.74) is 0. The van der Waals surface area contributed by atoms with Crippen molar-refractivity contribution in [1.29, 1.82) is 0 Å². The van der Waals surface area contributed by atoms with E-state index in [1.165, 1.54) is 238 Å². The highest BCUT2D eigenvalue weighted by atomic mass is 17.0. The van der Waals surface area contributed by atoms with Gasteiger partial charge in [0.1, 0.15) is 31.0 Å². The standard InChI is InChI=1S/C78H148O17/c1-4-7-10-13-16-19-22-25-28-31-34-37-40-43-46-49-52-55-58-61-69(82)92-76(88)73(86)68(65-80)91-78(95-75(66-81)74(87)72(85)67(64-79)90-75,94-71(84)63-60-57-54-51-48-45-42-39-36-33-30-27-24-21-18-15-12-9-6-3)77(76,89)93-70(83)62-59-56-53-50-47-44-41-38-35-32-29-26-23-20-17-14-11-8-5-2/h67-68,72-74,79-81,85-89H,4-66H2,1-3H3/t67-,68-,72-,73-,74+,75?,76-,77+,78+/m1/s1. The summed E-state index contributed by atoms with van der Waals surface area (Å²) in [5, 5.41) is 92.2. The minimum Gasteiger partial charge on any atom is -0.422 e. The summed E-state index contributed by atoms with van der Waals surface area (Å²) in [4.78, 5) is 42.5. The molecule has 0 amide bonds. The minimum absolute atomic E-state index is 0.230. The van der Waals surface area contributed by atoms with Crippen molar-refractivity contribution >= 4 is 17.9 Å². The molecule has 0 saturated carbocycles.